The molecule has 0 heterocycles. The summed E-state index contributed by atoms with van der Waals surface area (Å²) in [6, 6.07) is 6.38. The number of methoxy groups -OCH3 is 1. The van der Waals surface area contributed by atoms with Gasteiger partial charge in [0.1, 0.15) is 5.82 Å². The standard InChI is InChI=1S/C12H18FNO2S/c1-16-6-5-14-8-11(15)9-17-12-4-2-3-10(13)7-12/h2-4,7,11,14-15H,5-6,8-9H2,1H3. The lowest BCUT2D eigenvalue weighted by molar-refractivity contribution is 0.175. The predicted octanol–water partition coefficient (Wildman–Crippen LogP) is 1.51. The molecule has 0 amide bonds. The van der Waals surface area contributed by atoms with Crippen LogP contribution in [0.4, 0.5) is 4.39 Å². The maximum absolute atomic E-state index is 12.9. The Morgan fingerprint density at radius 1 is 1.53 bits per heavy atom. The number of benzene rings is 1. The molecule has 1 rings (SSSR count). The summed E-state index contributed by atoms with van der Waals surface area (Å²) >= 11 is 1.45. The lowest BCUT2D eigenvalue weighted by Gasteiger charge is -2.11. The summed E-state index contributed by atoms with van der Waals surface area (Å²) in [7, 11) is 1.64. The van der Waals surface area contributed by atoms with Gasteiger partial charge in [-0.25, -0.2) is 4.39 Å². The number of rotatable bonds is 8. The lowest BCUT2D eigenvalue weighted by Crippen LogP contribution is -2.30. The maximum atomic E-state index is 12.9. The van der Waals surface area contributed by atoms with Crippen LogP contribution in [0.3, 0.4) is 0 Å². The molecule has 3 nitrogen and oxygen atoms in total. The third-order valence-electron chi connectivity index (χ3n) is 2.10. The zero-order valence-corrected chi connectivity index (χ0v) is 10.7. The first-order chi connectivity index (χ1) is 8.22. The minimum atomic E-state index is -0.444. The average molecular weight is 259 g/mol. The highest BCUT2D eigenvalue weighted by Crippen LogP contribution is 2.19. The highest BCUT2D eigenvalue weighted by atomic mass is 32.2. The van der Waals surface area contributed by atoms with Crippen LogP contribution in [-0.2, 0) is 4.74 Å². The molecular weight excluding hydrogens is 241 g/mol. The Morgan fingerprint density at radius 2 is 2.35 bits per heavy atom. The Morgan fingerprint density at radius 3 is 3.06 bits per heavy atom. The van der Waals surface area contributed by atoms with E-state index in [0.29, 0.717) is 18.9 Å². The van der Waals surface area contributed by atoms with Gasteiger partial charge in [0.05, 0.1) is 12.7 Å². The van der Waals surface area contributed by atoms with Gasteiger partial charge in [-0.1, -0.05) is 6.07 Å². The number of aliphatic hydroxyl groups is 1. The van der Waals surface area contributed by atoms with E-state index in [1.807, 2.05) is 6.07 Å². The number of aliphatic hydroxyl groups excluding tert-OH is 1. The minimum Gasteiger partial charge on any atom is -0.391 e. The van der Waals surface area contributed by atoms with Crippen molar-refractivity contribution in [3.63, 3.8) is 0 Å². The fraction of sp³-hybridized carbons (Fsp3) is 0.500. The van der Waals surface area contributed by atoms with Gasteiger partial charge in [-0.05, 0) is 18.2 Å². The van der Waals surface area contributed by atoms with Crippen LogP contribution in [0.25, 0.3) is 0 Å². The first kappa shape index (κ1) is 14.4. The van der Waals surface area contributed by atoms with Crippen LogP contribution in [0, 0.1) is 5.82 Å². The first-order valence-corrected chi connectivity index (χ1v) is 6.47. The number of hydrogen-bond acceptors (Lipinski definition) is 4. The van der Waals surface area contributed by atoms with Crippen LogP contribution in [0.15, 0.2) is 29.2 Å². The van der Waals surface area contributed by atoms with Gasteiger partial charge in [0.15, 0.2) is 0 Å². The second kappa shape index (κ2) is 8.47. The van der Waals surface area contributed by atoms with E-state index >= 15 is 0 Å². The summed E-state index contributed by atoms with van der Waals surface area (Å²) in [5, 5.41) is 12.7. The van der Waals surface area contributed by atoms with E-state index in [-0.39, 0.29) is 5.82 Å². The van der Waals surface area contributed by atoms with Gasteiger partial charge in [0, 0.05) is 30.8 Å². The second-order valence-corrected chi connectivity index (χ2v) is 4.71. The number of halogens is 1. The predicted molar refractivity (Wildman–Crippen MR) is 67.9 cm³/mol. The maximum Gasteiger partial charge on any atom is 0.124 e. The summed E-state index contributed by atoms with van der Waals surface area (Å²) in [4.78, 5) is 0.834. The van der Waals surface area contributed by atoms with E-state index < -0.39 is 6.10 Å². The molecule has 5 heteroatoms. The van der Waals surface area contributed by atoms with Gasteiger partial charge in [-0.15, -0.1) is 11.8 Å². The average Bonchev–Trinajstić information content (AvgIpc) is 2.32. The van der Waals surface area contributed by atoms with Crippen molar-refractivity contribution in [3.8, 4) is 0 Å². The van der Waals surface area contributed by atoms with Crippen LogP contribution < -0.4 is 5.32 Å². The van der Waals surface area contributed by atoms with Crippen LogP contribution in [0.2, 0.25) is 0 Å². The molecule has 0 aliphatic rings. The van der Waals surface area contributed by atoms with E-state index in [1.54, 1.807) is 13.2 Å². The fourth-order valence-electron chi connectivity index (χ4n) is 1.25. The van der Waals surface area contributed by atoms with Gasteiger partial charge >= 0.3 is 0 Å². The number of nitrogens with one attached hydrogen (secondary N) is 1. The number of thioether (sulfide) groups is 1. The van der Waals surface area contributed by atoms with Gasteiger partial charge in [0.25, 0.3) is 0 Å². The second-order valence-electron chi connectivity index (χ2n) is 3.62. The van der Waals surface area contributed by atoms with E-state index in [2.05, 4.69) is 5.32 Å². The molecule has 0 spiro atoms. The molecule has 1 atom stereocenters. The number of ether oxygens (including phenoxy) is 1. The molecule has 2 N–H and O–H groups in total. The van der Waals surface area contributed by atoms with Crippen molar-refractivity contribution in [1.82, 2.24) is 5.32 Å². The quantitative estimate of drug-likeness (QED) is 0.548. The topological polar surface area (TPSA) is 41.5 Å². The van der Waals surface area contributed by atoms with Crippen LogP contribution in [-0.4, -0.2) is 43.8 Å². The van der Waals surface area contributed by atoms with Crippen molar-refractivity contribution in [2.45, 2.75) is 11.0 Å². The zero-order chi connectivity index (χ0) is 12.5. The van der Waals surface area contributed by atoms with Gasteiger partial charge in [0.2, 0.25) is 0 Å². The molecule has 0 saturated carbocycles. The van der Waals surface area contributed by atoms with Crippen molar-refractivity contribution in [1.29, 1.82) is 0 Å². The van der Waals surface area contributed by atoms with E-state index in [9.17, 15) is 9.50 Å². The highest BCUT2D eigenvalue weighted by Gasteiger charge is 2.04. The van der Waals surface area contributed by atoms with Crippen LogP contribution in [0.1, 0.15) is 0 Å². The molecule has 0 aromatic heterocycles. The molecular formula is C12H18FNO2S. The third-order valence-corrected chi connectivity index (χ3v) is 3.24. The van der Waals surface area contributed by atoms with Gasteiger partial charge in [-0.3, -0.25) is 0 Å². The summed E-state index contributed by atoms with van der Waals surface area (Å²) in [5.74, 6) is 0.298. The Bertz CT molecular complexity index is 325. The molecule has 1 aromatic rings. The lowest BCUT2D eigenvalue weighted by atomic mass is 10.3. The molecule has 1 unspecified atom stereocenters. The summed E-state index contributed by atoms with van der Waals surface area (Å²) in [5.41, 5.74) is 0. The van der Waals surface area contributed by atoms with Gasteiger partial charge in [-0.2, -0.15) is 0 Å². The van der Waals surface area contributed by atoms with E-state index in [4.69, 9.17) is 4.74 Å². The molecule has 0 aliphatic carbocycles. The normalized spacial score (nSPS) is 12.6. The summed E-state index contributed by atoms with van der Waals surface area (Å²) in [6.07, 6.45) is -0.444. The van der Waals surface area contributed by atoms with Crippen LogP contribution >= 0.6 is 11.8 Å². The van der Waals surface area contributed by atoms with Crippen LogP contribution in [0.5, 0.6) is 0 Å². The summed E-state index contributed by atoms with van der Waals surface area (Å²) < 4.78 is 17.8. The molecule has 17 heavy (non-hydrogen) atoms. The van der Waals surface area contributed by atoms with Gasteiger partial charge < -0.3 is 15.2 Å². The molecule has 0 fully saturated rings. The Hall–Kier alpha value is -0.620. The van der Waals surface area contributed by atoms with E-state index in [1.165, 1.54) is 23.9 Å². The molecule has 0 radical (unpaired) electrons. The Balaban J connectivity index is 2.17. The Labute approximate surface area is 105 Å². The third kappa shape index (κ3) is 6.63. The van der Waals surface area contributed by atoms with Crippen molar-refractivity contribution < 1.29 is 14.2 Å². The zero-order valence-electron chi connectivity index (χ0n) is 9.86. The molecule has 96 valence electrons. The minimum absolute atomic E-state index is 0.247. The molecule has 0 saturated heterocycles. The molecule has 0 aliphatic heterocycles. The monoisotopic (exact) mass is 259 g/mol. The molecule has 1 aromatic carbocycles. The Kier molecular flexibility index (Phi) is 7.19. The smallest absolute Gasteiger partial charge is 0.124 e. The highest BCUT2D eigenvalue weighted by molar-refractivity contribution is 7.99. The van der Waals surface area contributed by atoms with Crippen molar-refractivity contribution in [3.05, 3.63) is 30.1 Å². The summed E-state index contributed by atoms with van der Waals surface area (Å²) in [6.45, 7) is 1.87. The van der Waals surface area contributed by atoms with Crippen molar-refractivity contribution in [2.24, 2.45) is 0 Å². The first-order valence-electron chi connectivity index (χ1n) is 5.48. The van der Waals surface area contributed by atoms with E-state index in [0.717, 1.165) is 11.4 Å². The van der Waals surface area contributed by atoms with Crippen molar-refractivity contribution >= 4 is 11.8 Å². The SMILES string of the molecule is COCCNCC(O)CSc1cccc(F)c1. The van der Waals surface area contributed by atoms with Crippen molar-refractivity contribution in [2.75, 3.05) is 32.6 Å². The number of hydrogen-bond donors (Lipinski definition) is 2. The molecule has 0 bridgehead atoms. The fourth-order valence-corrected chi connectivity index (χ4v) is 2.12. The largest absolute Gasteiger partial charge is 0.391 e.